The number of carbonyl (C=O) groups is 1. The lowest BCUT2D eigenvalue weighted by molar-refractivity contribution is 0.0683. The number of rotatable bonds is 5. The van der Waals surface area contributed by atoms with Crippen molar-refractivity contribution in [3.05, 3.63) is 11.4 Å². The SMILES string of the molecule is COCc1c(C(=O)O)nnn1CC(F)F. The monoisotopic (exact) mass is 221 g/mol. The fraction of sp³-hybridized carbons (Fsp3) is 0.571. The predicted molar refractivity (Wildman–Crippen MR) is 43.7 cm³/mol. The smallest absolute Gasteiger partial charge is 0.358 e. The number of aromatic nitrogens is 3. The molecule has 0 aliphatic carbocycles. The van der Waals surface area contributed by atoms with E-state index in [4.69, 9.17) is 9.84 Å². The summed E-state index contributed by atoms with van der Waals surface area (Å²) in [5.41, 5.74) is -0.331. The molecule has 0 bridgehead atoms. The van der Waals surface area contributed by atoms with Crippen molar-refractivity contribution < 1.29 is 23.4 Å². The molecule has 0 fully saturated rings. The molecule has 0 radical (unpaired) electrons. The van der Waals surface area contributed by atoms with Crippen LogP contribution in [0.15, 0.2) is 0 Å². The second-order valence-electron chi connectivity index (χ2n) is 2.70. The van der Waals surface area contributed by atoms with Gasteiger partial charge in [0.2, 0.25) is 0 Å². The largest absolute Gasteiger partial charge is 0.476 e. The summed E-state index contributed by atoms with van der Waals surface area (Å²) in [6.45, 7) is -0.819. The first-order valence-corrected chi connectivity index (χ1v) is 3.99. The zero-order valence-corrected chi connectivity index (χ0v) is 7.85. The van der Waals surface area contributed by atoms with E-state index in [2.05, 4.69) is 10.3 Å². The van der Waals surface area contributed by atoms with E-state index in [9.17, 15) is 13.6 Å². The van der Waals surface area contributed by atoms with Gasteiger partial charge in [0.15, 0.2) is 5.69 Å². The maximum atomic E-state index is 12.1. The minimum Gasteiger partial charge on any atom is -0.476 e. The molecule has 1 aromatic rings. The van der Waals surface area contributed by atoms with Crippen molar-refractivity contribution in [1.82, 2.24) is 15.0 Å². The molecule has 0 atom stereocenters. The van der Waals surface area contributed by atoms with Crippen molar-refractivity contribution in [1.29, 1.82) is 0 Å². The highest BCUT2D eigenvalue weighted by molar-refractivity contribution is 5.86. The third-order valence-electron chi connectivity index (χ3n) is 1.63. The van der Waals surface area contributed by atoms with Crippen molar-refractivity contribution in [3.63, 3.8) is 0 Å². The molecule has 8 heteroatoms. The van der Waals surface area contributed by atoms with Gasteiger partial charge in [-0.15, -0.1) is 5.10 Å². The zero-order chi connectivity index (χ0) is 11.4. The Balaban J connectivity index is 3.00. The Hall–Kier alpha value is -1.57. The lowest BCUT2D eigenvalue weighted by Crippen LogP contribution is -2.13. The van der Waals surface area contributed by atoms with Crippen LogP contribution < -0.4 is 0 Å². The highest BCUT2D eigenvalue weighted by atomic mass is 19.3. The highest BCUT2D eigenvalue weighted by Gasteiger charge is 2.20. The normalized spacial score (nSPS) is 10.9. The van der Waals surface area contributed by atoms with Crippen LogP contribution in [0, 0.1) is 0 Å². The number of methoxy groups -OCH3 is 1. The average Bonchev–Trinajstić information content (AvgIpc) is 2.48. The van der Waals surface area contributed by atoms with Gasteiger partial charge in [0.05, 0.1) is 12.3 Å². The number of hydrogen-bond donors (Lipinski definition) is 1. The number of ether oxygens (including phenoxy) is 1. The van der Waals surface area contributed by atoms with Crippen LogP contribution in [0.5, 0.6) is 0 Å². The second kappa shape index (κ2) is 4.78. The standard InChI is InChI=1S/C7H9F2N3O3/c1-15-3-4-6(7(13)14)10-11-12(4)2-5(8)9/h5H,2-3H2,1H3,(H,13,14). The van der Waals surface area contributed by atoms with E-state index in [0.717, 1.165) is 4.68 Å². The Morgan fingerprint density at radius 3 is 2.80 bits per heavy atom. The first-order valence-electron chi connectivity index (χ1n) is 3.99. The molecule has 0 unspecified atom stereocenters. The number of alkyl halides is 2. The summed E-state index contributed by atoms with van der Waals surface area (Å²) in [5.74, 6) is -1.32. The lowest BCUT2D eigenvalue weighted by Gasteiger charge is -2.04. The minimum atomic E-state index is -2.62. The molecule has 15 heavy (non-hydrogen) atoms. The molecule has 0 saturated heterocycles. The van der Waals surface area contributed by atoms with Gasteiger partial charge in [0.25, 0.3) is 6.43 Å². The van der Waals surface area contributed by atoms with Gasteiger partial charge in [-0.25, -0.2) is 18.3 Å². The predicted octanol–water partition coefficient (Wildman–Crippen LogP) is 0.388. The van der Waals surface area contributed by atoms with Crippen LogP contribution in [0.25, 0.3) is 0 Å². The maximum absolute atomic E-state index is 12.1. The van der Waals surface area contributed by atoms with Crippen molar-refractivity contribution in [2.24, 2.45) is 0 Å². The van der Waals surface area contributed by atoms with Crippen molar-refractivity contribution in [2.75, 3.05) is 7.11 Å². The fourth-order valence-electron chi connectivity index (χ4n) is 1.06. The summed E-state index contributed by atoms with van der Waals surface area (Å²) in [6, 6.07) is 0. The Labute approximate surface area is 83.5 Å². The first-order chi connectivity index (χ1) is 7.06. The van der Waals surface area contributed by atoms with E-state index in [-0.39, 0.29) is 18.0 Å². The Kier molecular flexibility index (Phi) is 3.67. The fourth-order valence-corrected chi connectivity index (χ4v) is 1.06. The van der Waals surface area contributed by atoms with Crippen LogP contribution in [0.2, 0.25) is 0 Å². The lowest BCUT2D eigenvalue weighted by atomic mass is 10.3. The zero-order valence-electron chi connectivity index (χ0n) is 7.85. The summed E-state index contributed by atoms with van der Waals surface area (Å²) < 4.78 is 29.7. The van der Waals surface area contributed by atoms with Crippen LogP contribution in [-0.4, -0.2) is 39.6 Å². The van der Waals surface area contributed by atoms with E-state index in [0.29, 0.717) is 0 Å². The van der Waals surface area contributed by atoms with Crippen molar-refractivity contribution in [3.8, 4) is 0 Å². The third-order valence-corrected chi connectivity index (χ3v) is 1.63. The highest BCUT2D eigenvalue weighted by Crippen LogP contribution is 2.09. The topological polar surface area (TPSA) is 77.2 Å². The Morgan fingerprint density at radius 1 is 1.67 bits per heavy atom. The number of carboxylic acids is 1. The van der Waals surface area contributed by atoms with E-state index in [1.54, 1.807) is 0 Å². The number of halogens is 2. The Morgan fingerprint density at radius 2 is 2.33 bits per heavy atom. The molecule has 0 aliphatic rings. The van der Waals surface area contributed by atoms with Crippen LogP contribution in [-0.2, 0) is 17.9 Å². The number of aromatic carboxylic acids is 1. The van der Waals surface area contributed by atoms with Gasteiger partial charge in [-0.1, -0.05) is 5.21 Å². The van der Waals surface area contributed by atoms with E-state index < -0.39 is 18.9 Å². The number of hydrogen-bond acceptors (Lipinski definition) is 4. The van der Waals surface area contributed by atoms with Crippen molar-refractivity contribution >= 4 is 5.97 Å². The molecule has 0 amide bonds. The van der Waals surface area contributed by atoms with Gasteiger partial charge in [-0.05, 0) is 0 Å². The van der Waals surface area contributed by atoms with Crippen LogP contribution in [0.4, 0.5) is 8.78 Å². The van der Waals surface area contributed by atoms with Gasteiger partial charge in [-0.2, -0.15) is 0 Å². The summed E-state index contributed by atoms with van der Waals surface area (Å²) in [4.78, 5) is 10.6. The molecule has 0 aliphatic heterocycles. The summed E-state index contributed by atoms with van der Waals surface area (Å²) in [5, 5.41) is 15.3. The van der Waals surface area contributed by atoms with Gasteiger partial charge in [0.1, 0.15) is 6.54 Å². The molecule has 84 valence electrons. The number of nitrogens with zero attached hydrogens (tertiary/aromatic N) is 3. The Bertz CT molecular complexity index is 353. The first kappa shape index (κ1) is 11.5. The molecule has 6 nitrogen and oxygen atoms in total. The third kappa shape index (κ3) is 2.69. The summed E-state index contributed by atoms with van der Waals surface area (Å²) in [7, 11) is 1.32. The molecule has 1 aromatic heterocycles. The van der Waals surface area contributed by atoms with E-state index >= 15 is 0 Å². The van der Waals surface area contributed by atoms with Crippen molar-refractivity contribution in [2.45, 2.75) is 19.6 Å². The molecule has 1 heterocycles. The number of carboxylic acid groups (broad SMARTS) is 1. The molecule has 0 aromatic carbocycles. The van der Waals surface area contributed by atoms with Gasteiger partial charge >= 0.3 is 5.97 Å². The van der Waals surface area contributed by atoms with E-state index in [1.807, 2.05) is 0 Å². The van der Waals surface area contributed by atoms with Crippen LogP contribution in [0.3, 0.4) is 0 Å². The molecule has 0 spiro atoms. The minimum absolute atomic E-state index is 0.0327. The molecular formula is C7H9F2N3O3. The average molecular weight is 221 g/mol. The molecule has 1 rings (SSSR count). The molecular weight excluding hydrogens is 212 g/mol. The van der Waals surface area contributed by atoms with E-state index in [1.165, 1.54) is 7.11 Å². The summed E-state index contributed by atoms with van der Waals surface area (Å²) in [6.07, 6.45) is -2.62. The van der Waals surface area contributed by atoms with Crippen LogP contribution >= 0.6 is 0 Å². The summed E-state index contributed by atoms with van der Waals surface area (Å²) >= 11 is 0. The molecule has 1 N–H and O–H groups in total. The van der Waals surface area contributed by atoms with Gasteiger partial charge < -0.3 is 9.84 Å². The quantitative estimate of drug-likeness (QED) is 0.778. The second-order valence-corrected chi connectivity index (χ2v) is 2.70. The molecule has 0 saturated carbocycles. The maximum Gasteiger partial charge on any atom is 0.358 e. The van der Waals surface area contributed by atoms with Crippen LogP contribution in [0.1, 0.15) is 16.2 Å². The van der Waals surface area contributed by atoms with Gasteiger partial charge in [0, 0.05) is 7.11 Å². The van der Waals surface area contributed by atoms with Gasteiger partial charge in [-0.3, -0.25) is 0 Å².